The third kappa shape index (κ3) is 1.73. The summed E-state index contributed by atoms with van der Waals surface area (Å²) in [7, 11) is 0. The number of aryl methyl sites for hydroxylation is 1. The van der Waals surface area contributed by atoms with Gasteiger partial charge in [0.15, 0.2) is 5.65 Å². The largest absolute Gasteiger partial charge is 0.350 e. The molecule has 17 heavy (non-hydrogen) atoms. The van der Waals surface area contributed by atoms with Crippen molar-refractivity contribution in [2.24, 2.45) is 0 Å². The lowest BCUT2D eigenvalue weighted by Gasteiger charge is -2.19. The van der Waals surface area contributed by atoms with Crippen LogP contribution in [-0.2, 0) is 0 Å². The zero-order valence-electron chi connectivity index (χ0n) is 9.40. The van der Waals surface area contributed by atoms with E-state index in [-0.39, 0.29) is 13.0 Å². The zero-order chi connectivity index (χ0) is 12.0. The average Bonchev–Trinajstić information content (AvgIpc) is 2.82. The second-order valence-electron chi connectivity index (χ2n) is 4.38. The quantitative estimate of drug-likeness (QED) is 0.760. The van der Waals surface area contributed by atoms with Crippen molar-refractivity contribution in [3.63, 3.8) is 0 Å². The van der Waals surface area contributed by atoms with Gasteiger partial charge in [-0.2, -0.15) is 9.61 Å². The van der Waals surface area contributed by atoms with Crippen molar-refractivity contribution >= 4 is 11.5 Å². The van der Waals surface area contributed by atoms with Gasteiger partial charge in [0.1, 0.15) is 5.82 Å². The molecule has 1 aliphatic heterocycles. The van der Waals surface area contributed by atoms with Crippen molar-refractivity contribution in [3.8, 4) is 0 Å². The van der Waals surface area contributed by atoms with Gasteiger partial charge in [-0.15, -0.1) is 0 Å². The molecule has 0 amide bonds. The zero-order valence-corrected chi connectivity index (χ0v) is 9.40. The van der Waals surface area contributed by atoms with Crippen LogP contribution in [0.2, 0.25) is 0 Å². The first-order valence-corrected chi connectivity index (χ1v) is 5.49. The number of anilines is 1. The molecule has 0 saturated carbocycles. The fourth-order valence-corrected chi connectivity index (χ4v) is 2.18. The molecule has 0 aromatic carbocycles. The Labute approximate surface area is 96.9 Å². The lowest BCUT2D eigenvalue weighted by atomic mass is 10.3. The van der Waals surface area contributed by atoms with Crippen LogP contribution in [0.4, 0.5) is 14.6 Å². The summed E-state index contributed by atoms with van der Waals surface area (Å²) in [6.45, 7) is 1.96. The predicted molar refractivity (Wildman–Crippen MR) is 59.5 cm³/mol. The number of fused-ring (bicyclic) bond motifs is 1. The van der Waals surface area contributed by atoms with E-state index in [1.54, 1.807) is 27.7 Å². The molecule has 4 nitrogen and oxygen atoms in total. The molecule has 0 unspecified atom stereocenters. The molecule has 90 valence electrons. The van der Waals surface area contributed by atoms with Gasteiger partial charge in [0.25, 0.3) is 5.92 Å². The van der Waals surface area contributed by atoms with Crippen molar-refractivity contribution in [1.29, 1.82) is 0 Å². The van der Waals surface area contributed by atoms with Gasteiger partial charge in [0, 0.05) is 30.8 Å². The van der Waals surface area contributed by atoms with Crippen molar-refractivity contribution < 1.29 is 8.78 Å². The summed E-state index contributed by atoms with van der Waals surface area (Å²) in [5.41, 5.74) is 1.50. The SMILES string of the molecule is Cc1cc(N2CCC(F)(F)C2)n2nccc2n1. The van der Waals surface area contributed by atoms with Gasteiger partial charge >= 0.3 is 0 Å². The molecule has 2 aromatic rings. The molecule has 6 heteroatoms. The third-order valence-electron chi connectivity index (χ3n) is 2.96. The minimum Gasteiger partial charge on any atom is -0.350 e. The Morgan fingerprint density at radius 1 is 1.41 bits per heavy atom. The van der Waals surface area contributed by atoms with Crippen molar-refractivity contribution in [1.82, 2.24) is 14.6 Å². The van der Waals surface area contributed by atoms with E-state index in [0.717, 1.165) is 5.69 Å². The molecule has 1 aliphatic rings. The molecular formula is C11H12F2N4. The van der Waals surface area contributed by atoms with Gasteiger partial charge in [0.05, 0.1) is 12.7 Å². The molecule has 0 N–H and O–H groups in total. The summed E-state index contributed by atoms with van der Waals surface area (Å²) in [5.74, 6) is -1.91. The van der Waals surface area contributed by atoms with Gasteiger partial charge in [-0.05, 0) is 6.92 Å². The maximum Gasteiger partial charge on any atom is 0.266 e. The van der Waals surface area contributed by atoms with Gasteiger partial charge in [0.2, 0.25) is 0 Å². The molecule has 0 radical (unpaired) electrons. The van der Waals surface area contributed by atoms with Crippen LogP contribution in [0, 0.1) is 6.92 Å². The van der Waals surface area contributed by atoms with Gasteiger partial charge in [-0.1, -0.05) is 0 Å². The summed E-state index contributed by atoms with van der Waals surface area (Å²) >= 11 is 0. The van der Waals surface area contributed by atoms with Gasteiger partial charge < -0.3 is 4.90 Å². The van der Waals surface area contributed by atoms with Crippen LogP contribution in [0.5, 0.6) is 0 Å². The number of hydrogen-bond donors (Lipinski definition) is 0. The minimum absolute atomic E-state index is 0.100. The predicted octanol–water partition coefficient (Wildman–Crippen LogP) is 1.88. The lowest BCUT2D eigenvalue weighted by Crippen LogP contribution is -2.26. The Balaban J connectivity index is 2.08. The second-order valence-corrected chi connectivity index (χ2v) is 4.38. The molecule has 1 saturated heterocycles. The summed E-state index contributed by atoms with van der Waals surface area (Å²) in [5, 5.41) is 4.12. The van der Waals surface area contributed by atoms with E-state index in [1.165, 1.54) is 0 Å². The highest BCUT2D eigenvalue weighted by Gasteiger charge is 2.39. The van der Waals surface area contributed by atoms with E-state index >= 15 is 0 Å². The molecule has 0 bridgehead atoms. The molecular weight excluding hydrogens is 226 g/mol. The fourth-order valence-electron chi connectivity index (χ4n) is 2.18. The molecule has 1 fully saturated rings. The van der Waals surface area contributed by atoms with E-state index in [2.05, 4.69) is 10.1 Å². The first-order valence-electron chi connectivity index (χ1n) is 5.49. The Hall–Kier alpha value is -1.72. The van der Waals surface area contributed by atoms with Gasteiger partial charge in [-0.25, -0.2) is 13.8 Å². The maximum absolute atomic E-state index is 13.2. The number of rotatable bonds is 1. The van der Waals surface area contributed by atoms with Crippen LogP contribution in [-0.4, -0.2) is 33.6 Å². The first kappa shape index (κ1) is 10.4. The fraction of sp³-hybridized carbons (Fsp3) is 0.455. The molecule has 0 spiro atoms. The van der Waals surface area contributed by atoms with Crippen LogP contribution in [0.1, 0.15) is 12.1 Å². The van der Waals surface area contributed by atoms with E-state index in [1.807, 2.05) is 6.92 Å². The average molecular weight is 238 g/mol. The lowest BCUT2D eigenvalue weighted by molar-refractivity contribution is 0.0256. The van der Waals surface area contributed by atoms with Gasteiger partial charge in [-0.3, -0.25) is 0 Å². The van der Waals surface area contributed by atoms with Crippen LogP contribution < -0.4 is 4.90 Å². The number of alkyl halides is 2. The van der Waals surface area contributed by atoms with E-state index < -0.39 is 5.92 Å². The van der Waals surface area contributed by atoms with Crippen molar-refractivity contribution in [3.05, 3.63) is 24.0 Å². The smallest absolute Gasteiger partial charge is 0.266 e. The number of hydrogen-bond acceptors (Lipinski definition) is 3. The highest BCUT2D eigenvalue weighted by atomic mass is 19.3. The van der Waals surface area contributed by atoms with Crippen molar-refractivity contribution in [2.45, 2.75) is 19.3 Å². The Morgan fingerprint density at radius 2 is 2.24 bits per heavy atom. The number of aromatic nitrogens is 3. The molecule has 0 atom stereocenters. The summed E-state index contributed by atoms with van der Waals surface area (Å²) < 4.78 is 28.0. The van der Waals surface area contributed by atoms with E-state index in [4.69, 9.17) is 0 Å². The van der Waals surface area contributed by atoms with Crippen LogP contribution in [0.25, 0.3) is 5.65 Å². The van der Waals surface area contributed by atoms with Crippen LogP contribution in [0.3, 0.4) is 0 Å². The number of halogens is 2. The normalized spacial score (nSPS) is 19.1. The summed E-state index contributed by atoms with van der Waals surface area (Å²) in [6.07, 6.45) is 1.52. The first-order chi connectivity index (χ1) is 8.05. The minimum atomic E-state index is -2.60. The molecule has 0 aliphatic carbocycles. The van der Waals surface area contributed by atoms with Crippen molar-refractivity contribution in [2.75, 3.05) is 18.0 Å². The second kappa shape index (κ2) is 3.38. The van der Waals surface area contributed by atoms with Crippen LogP contribution >= 0.6 is 0 Å². The van der Waals surface area contributed by atoms with Crippen LogP contribution in [0.15, 0.2) is 18.3 Å². The van der Waals surface area contributed by atoms with E-state index in [9.17, 15) is 8.78 Å². The Morgan fingerprint density at radius 3 is 2.94 bits per heavy atom. The third-order valence-corrected chi connectivity index (χ3v) is 2.96. The maximum atomic E-state index is 13.2. The summed E-state index contributed by atoms with van der Waals surface area (Å²) in [4.78, 5) is 5.95. The highest BCUT2D eigenvalue weighted by molar-refractivity contribution is 5.51. The molecule has 3 rings (SSSR count). The highest BCUT2D eigenvalue weighted by Crippen LogP contribution is 2.30. The number of nitrogens with zero attached hydrogens (tertiary/aromatic N) is 4. The molecule has 2 aromatic heterocycles. The Bertz CT molecular complexity index is 564. The Kier molecular flexibility index (Phi) is 2.08. The molecule has 3 heterocycles. The summed E-state index contributed by atoms with van der Waals surface area (Å²) in [6, 6.07) is 3.56. The van der Waals surface area contributed by atoms with E-state index in [0.29, 0.717) is 18.0 Å². The topological polar surface area (TPSA) is 33.4 Å². The standard InChI is InChI=1S/C11H12F2N4/c1-8-6-10(16-5-3-11(12,13)7-16)17-9(15-8)2-4-14-17/h2,4,6H,3,5,7H2,1H3. The monoisotopic (exact) mass is 238 g/mol.